The molecule has 2 nitrogen and oxygen atoms in total. The summed E-state index contributed by atoms with van der Waals surface area (Å²) in [7, 11) is 0. The minimum Gasteiger partial charge on any atom is -0.329 e. The summed E-state index contributed by atoms with van der Waals surface area (Å²) in [6.07, 6.45) is 6.69. The molecule has 17 heavy (non-hydrogen) atoms. The van der Waals surface area contributed by atoms with Crippen molar-refractivity contribution in [2.24, 2.45) is 5.73 Å². The quantitative estimate of drug-likeness (QED) is 0.870. The van der Waals surface area contributed by atoms with Crippen LogP contribution in [0.5, 0.6) is 0 Å². The number of hydrogen-bond donors (Lipinski definition) is 1. The number of rotatable bonds is 5. The average molecular weight is 252 g/mol. The molecule has 2 atom stereocenters. The molecule has 3 heteroatoms. The van der Waals surface area contributed by atoms with Gasteiger partial charge in [0.2, 0.25) is 0 Å². The van der Waals surface area contributed by atoms with E-state index >= 15 is 0 Å². The van der Waals surface area contributed by atoms with Gasteiger partial charge in [-0.25, -0.2) is 0 Å². The summed E-state index contributed by atoms with van der Waals surface area (Å²) in [5, 5.41) is 2.16. The zero-order valence-electron chi connectivity index (χ0n) is 10.8. The summed E-state index contributed by atoms with van der Waals surface area (Å²) in [5.41, 5.74) is 6.02. The van der Waals surface area contributed by atoms with Gasteiger partial charge in [-0.1, -0.05) is 25.8 Å². The fourth-order valence-corrected chi connectivity index (χ4v) is 3.83. The number of hydrogen-bond acceptors (Lipinski definition) is 3. The summed E-state index contributed by atoms with van der Waals surface area (Å²) < 4.78 is 0. The zero-order valence-corrected chi connectivity index (χ0v) is 11.6. The lowest BCUT2D eigenvalue weighted by Gasteiger charge is -2.40. The van der Waals surface area contributed by atoms with Crippen LogP contribution in [0, 0.1) is 0 Å². The molecule has 1 saturated heterocycles. The second kappa shape index (κ2) is 6.53. The van der Waals surface area contributed by atoms with E-state index in [1.54, 1.807) is 0 Å². The van der Waals surface area contributed by atoms with E-state index in [4.69, 9.17) is 5.73 Å². The molecule has 1 aromatic heterocycles. The van der Waals surface area contributed by atoms with Gasteiger partial charge in [-0.05, 0) is 37.3 Å². The third kappa shape index (κ3) is 3.09. The van der Waals surface area contributed by atoms with Crippen LogP contribution in [0.4, 0.5) is 0 Å². The summed E-state index contributed by atoms with van der Waals surface area (Å²) in [6.45, 7) is 4.26. The average Bonchev–Trinajstić information content (AvgIpc) is 2.86. The molecule has 0 amide bonds. The SMILES string of the molecule is CCCC1CCCCN1C(CN)c1cccs1. The fraction of sp³-hybridized carbons (Fsp3) is 0.714. The third-order valence-corrected chi connectivity index (χ3v) is 4.76. The molecule has 2 heterocycles. The Balaban J connectivity index is 2.10. The molecule has 0 spiro atoms. The van der Waals surface area contributed by atoms with Crippen LogP contribution in [0.1, 0.15) is 49.9 Å². The molecule has 0 radical (unpaired) electrons. The van der Waals surface area contributed by atoms with E-state index < -0.39 is 0 Å². The summed E-state index contributed by atoms with van der Waals surface area (Å²) in [6, 6.07) is 5.58. The standard InChI is InChI=1S/C14H24N2S/c1-2-6-12-7-3-4-9-16(12)13(11-15)14-8-5-10-17-14/h5,8,10,12-13H,2-4,6-7,9,11,15H2,1H3. The van der Waals surface area contributed by atoms with Gasteiger partial charge in [0.1, 0.15) is 0 Å². The number of thiophene rings is 1. The van der Waals surface area contributed by atoms with Gasteiger partial charge >= 0.3 is 0 Å². The van der Waals surface area contributed by atoms with Gasteiger partial charge < -0.3 is 5.73 Å². The maximum Gasteiger partial charge on any atom is 0.0566 e. The lowest BCUT2D eigenvalue weighted by atomic mass is 9.96. The van der Waals surface area contributed by atoms with E-state index in [-0.39, 0.29) is 0 Å². The smallest absolute Gasteiger partial charge is 0.0566 e. The highest BCUT2D eigenvalue weighted by Crippen LogP contribution is 2.32. The Hall–Kier alpha value is -0.380. The molecule has 0 aliphatic carbocycles. The molecular formula is C14H24N2S. The van der Waals surface area contributed by atoms with Crippen molar-refractivity contribution >= 4 is 11.3 Å². The second-order valence-electron chi connectivity index (χ2n) is 4.94. The third-order valence-electron chi connectivity index (χ3n) is 3.79. The van der Waals surface area contributed by atoms with Crippen LogP contribution in [0.2, 0.25) is 0 Å². The predicted octanol–water partition coefficient (Wildman–Crippen LogP) is 3.40. The maximum atomic E-state index is 6.02. The van der Waals surface area contributed by atoms with Crippen molar-refractivity contribution in [1.82, 2.24) is 4.90 Å². The molecule has 0 aromatic carbocycles. The van der Waals surface area contributed by atoms with Crippen LogP contribution in [-0.2, 0) is 0 Å². The molecule has 1 fully saturated rings. The maximum absolute atomic E-state index is 6.02. The second-order valence-corrected chi connectivity index (χ2v) is 5.92. The van der Waals surface area contributed by atoms with Crippen molar-refractivity contribution in [3.05, 3.63) is 22.4 Å². The van der Waals surface area contributed by atoms with Crippen LogP contribution in [0.15, 0.2) is 17.5 Å². The predicted molar refractivity (Wildman–Crippen MR) is 75.4 cm³/mol. The highest BCUT2D eigenvalue weighted by Gasteiger charge is 2.28. The normalized spacial score (nSPS) is 23.8. The lowest BCUT2D eigenvalue weighted by Crippen LogP contribution is -2.44. The van der Waals surface area contributed by atoms with Gasteiger partial charge in [0.25, 0.3) is 0 Å². The van der Waals surface area contributed by atoms with E-state index in [2.05, 4.69) is 29.3 Å². The lowest BCUT2D eigenvalue weighted by molar-refractivity contribution is 0.0929. The van der Waals surface area contributed by atoms with E-state index in [0.717, 1.165) is 12.6 Å². The number of nitrogens with two attached hydrogens (primary N) is 1. The van der Waals surface area contributed by atoms with Crippen LogP contribution < -0.4 is 5.73 Å². The van der Waals surface area contributed by atoms with Crippen LogP contribution in [0.25, 0.3) is 0 Å². The van der Waals surface area contributed by atoms with Gasteiger partial charge in [-0.2, -0.15) is 0 Å². The molecule has 1 aliphatic heterocycles. The van der Waals surface area contributed by atoms with Gasteiger partial charge in [0, 0.05) is 17.5 Å². The Labute approximate surface area is 109 Å². The minimum absolute atomic E-state index is 0.451. The van der Waals surface area contributed by atoms with Crippen molar-refractivity contribution in [2.75, 3.05) is 13.1 Å². The highest BCUT2D eigenvalue weighted by molar-refractivity contribution is 7.10. The summed E-state index contributed by atoms with van der Waals surface area (Å²) in [4.78, 5) is 4.11. The Morgan fingerprint density at radius 1 is 1.53 bits per heavy atom. The first-order valence-corrected chi connectivity index (χ1v) is 7.74. The number of likely N-dealkylation sites (tertiary alicyclic amines) is 1. The highest BCUT2D eigenvalue weighted by atomic mass is 32.1. The number of piperidine rings is 1. The van der Waals surface area contributed by atoms with E-state index in [9.17, 15) is 0 Å². The fourth-order valence-electron chi connectivity index (χ4n) is 2.97. The van der Waals surface area contributed by atoms with Crippen molar-refractivity contribution in [1.29, 1.82) is 0 Å². The first-order chi connectivity index (χ1) is 8.36. The Morgan fingerprint density at radius 2 is 2.41 bits per heavy atom. The van der Waals surface area contributed by atoms with E-state index in [1.807, 2.05) is 11.3 Å². The van der Waals surface area contributed by atoms with Gasteiger partial charge in [-0.3, -0.25) is 4.90 Å². The zero-order chi connectivity index (χ0) is 12.1. The van der Waals surface area contributed by atoms with Gasteiger partial charge in [0.15, 0.2) is 0 Å². The van der Waals surface area contributed by atoms with Gasteiger partial charge in [-0.15, -0.1) is 11.3 Å². The van der Waals surface area contributed by atoms with Crippen molar-refractivity contribution in [3.63, 3.8) is 0 Å². The van der Waals surface area contributed by atoms with Gasteiger partial charge in [0.05, 0.1) is 6.04 Å². The molecule has 0 bridgehead atoms. The Bertz CT molecular complexity index is 308. The van der Waals surface area contributed by atoms with Crippen LogP contribution in [0.3, 0.4) is 0 Å². The molecular weight excluding hydrogens is 228 g/mol. The monoisotopic (exact) mass is 252 g/mol. The largest absolute Gasteiger partial charge is 0.329 e. The number of nitrogens with zero attached hydrogens (tertiary/aromatic N) is 1. The van der Waals surface area contributed by atoms with Crippen LogP contribution in [-0.4, -0.2) is 24.0 Å². The van der Waals surface area contributed by atoms with Crippen molar-refractivity contribution in [2.45, 2.75) is 51.1 Å². The Kier molecular flexibility index (Phi) is 5.01. The topological polar surface area (TPSA) is 29.3 Å². The molecule has 1 aromatic rings. The minimum atomic E-state index is 0.451. The molecule has 0 saturated carbocycles. The first-order valence-electron chi connectivity index (χ1n) is 6.86. The molecule has 2 unspecified atom stereocenters. The van der Waals surface area contributed by atoms with Crippen LogP contribution >= 0.6 is 11.3 Å². The summed E-state index contributed by atoms with van der Waals surface area (Å²) in [5.74, 6) is 0. The summed E-state index contributed by atoms with van der Waals surface area (Å²) >= 11 is 1.85. The van der Waals surface area contributed by atoms with Crippen molar-refractivity contribution < 1.29 is 0 Å². The van der Waals surface area contributed by atoms with Crippen molar-refractivity contribution in [3.8, 4) is 0 Å². The van der Waals surface area contributed by atoms with E-state index in [0.29, 0.717) is 6.04 Å². The van der Waals surface area contributed by atoms with E-state index in [1.165, 1.54) is 43.5 Å². The first kappa shape index (κ1) is 13.1. The molecule has 2 N–H and O–H groups in total. The molecule has 1 aliphatic rings. The molecule has 2 rings (SSSR count). The molecule has 96 valence electrons. The Morgan fingerprint density at radius 3 is 3.06 bits per heavy atom.